The number of nitrogen functional groups attached to an aromatic ring is 1. The highest BCUT2D eigenvalue weighted by Gasteiger charge is 2.13. The average molecular weight is 251 g/mol. The SMILES string of the molecule is Nc1ccc(-n2cnc3ccccc32)c2nonc12. The van der Waals surface area contributed by atoms with E-state index in [0.717, 1.165) is 16.7 Å². The second kappa shape index (κ2) is 3.55. The van der Waals surface area contributed by atoms with Crippen LogP contribution in [0, 0.1) is 0 Å². The van der Waals surface area contributed by atoms with E-state index in [0.29, 0.717) is 16.7 Å². The molecule has 0 saturated carbocycles. The molecule has 0 aliphatic carbocycles. The van der Waals surface area contributed by atoms with Crippen LogP contribution >= 0.6 is 0 Å². The molecular weight excluding hydrogens is 242 g/mol. The molecule has 4 rings (SSSR count). The Morgan fingerprint density at radius 3 is 2.79 bits per heavy atom. The largest absolute Gasteiger partial charge is 0.397 e. The fourth-order valence-corrected chi connectivity index (χ4v) is 2.22. The van der Waals surface area contributed by atoms with Crippen LogP contribution in [0.1, 0.15) is 0 Å². The van der Waals surface area contributed by atoms with Crippen LogP contribution in [-0.4, -0.2) is 19.9 Å². The van der Waals surface area contributed by atoms with E-state index in [4.69, 9.17) is 10.4 Å². The summed E-state index contributed by atoms with van der Waals surface area (Å²) >= 11 is 0. The van der Waals surface area contributed by atoms with Crippen LogP contribution in [0.5, 0.6) is 0 Å². The van der Waals surface area contributed by atoms with E-state index in [1.807, 2.05) is 34.9 Å². The lowest BCUT2D eigenvalue weighted by atomic mass is 10.2. The van der Waals surface area contributed by atoms with Crippen molar-refractivity contribution < 1.29 is 4.63 Å². The summed E-state index contributed by atoms with van der Waals surface area (Å²) in [4.78, 5) is 4.36. The van der Waals surface area contributed by atoms with Crippen molar-refractivity contribution in [2.45, 2.75) is 0 Å². The summed E-state index contributed by atoms with van der Waals surface area (Å²) in [5, 5.41) is 7.75. The summed E-state index contributed by atoms with van der Waals surface area (Å²) in [6, 6.07) is 11.6. The third-order valence-corrected chi connectivity index (χ3v) is 3.14. The zero-order valence-corrected chi connectivity index (χ0v) is 9.82. The van der Waals surface area contributed by atoms with Gasteiger partial charge in [0.1, 0.15) is 6.33 Å². The molecular formula is C13H9N5O. The summed E-state index contributed by atoms with van der Waals surface area (Å²) in [6.07, 6.45) is 1.75. The summed E-state index contributed by atoms with van der Waals surface area (Å²) in [7, 11) is 0. The zero-order valence-electron chi connectivity index (χ0n) is 9.82. The van der Waals surface area contributed by atoms with E-state index in [2.05, 4.69) is 15.3 Å². The van der Waals surface area contributed by atoms with Crippen molar-refractivity contribution in [1.82, 2.24) is 19.9 Å². The third kappa shape index (κ3) is 1.33. The van der Waals surface area contributed by atoms with Gasteiger partial charge in [-0.2, -0.15) is 0 Å². The van der Waals surface area contributed by atoms with Crippen LogP contribution < -0.4 is 5.73 Å². The number of nitrogens with two attached hydrogens (primary N) is 1. The van der Waals surface area contributed by atoms with Gasteiger partial charge in [-0.15, -0.1) is 0 Å². The maximum absolute atomic E-state index is 5.85. The molecule has 0 amide bonds. The minimum atomic E-state index is 0.546. The normalized spacial score (nSPS) is 11.4. The molecule has 0 unspecified atom stereocenters. The smallest absolute Gasteiger partial charge is 0.161 e. The van der Waals surface area contributed by atoms with E-state index in [9.17, 15) is 0 Å². The van der Waals surface area contributed by atoms with Crippen LogP contribution in [0.4, 0.5) is 5.69 Å². The highest BCUT2D eigenvalue weighted by molar-refractivity contribution is 5.93. The fourth-order valence-electron chi connectivity index (χ4n) is 2.22. The number of rotatable bonds is 1. The van der Waals surface area contributed by atoms with E-state index >= 15 is 0 Å². The summed E-state index contributed by atoms with van der Waals surface area (Å²) in [5.41, 5.74) is 10.4. The van der Waals surface area contributed by atoms with Gasteiger partial charge in [-0.25, -0.2) is 9.61 Å². The Kier molecular flexibility index (Phi) is 1.88. The molecule has 6 heteroatoms. The van der Waals surface area contributed by atoms with Gasteiger partial charge >= 0.3 is 0 Å². The van der Waals surface area contributed by atoms with Crippen LogP contribution in [-0.2, 0) is 0 Å². The molecule has 19 heavy (non-hydrogen) atoms. The lowest BCUT2D eigenvalue weighted by Gasteiger charge is -2.04. The summed E-state index contributed by atoms with van der Waals surface area (Å²) in [6.45, 7) is 0. The molecule has 2 aromatic heterocycles. The third-order valence-electron chi connectivity index (χ3n) is 3.14. The first-order valence-electron chi connectivity index (χ1n) is 5.78. The van der Waals surface area contributed by atoms with Crippen LogP contribution in [0.2, 0.25) is 0 Å². The molecule has 0 atom stereocenters. The average Bonchev–Trinajstić information content (AvgIpc) is 3.06. The second-order valence-corrected chi connectivity index (χ2v) is 4.24. The second-order valence-electron chi connectivity index (χ2n) is 4.24. The molecule has 2 N–H and O–H groups in total. The van der Waals surface area contributed by atoms with Gasteiger partial charge in [0.25, 0.3) is 0 Å². The molecule has 0 fully saturated rings. The molecule has 0 saturated heterocycles. The number of benzene rings is 2. The maximum Gasteiger partial charge on any atom is 0.161 e. The van der Waals surface area contributed by atoms with Gasteiger partial charge in [-0.05, 0) is 34.6 Å². The van der Waals surface area contributed by atoms with Crippen LogP contribution in [0.3, 0.4) is 0 Å². The Morgan fingerprint density at radius 2 is 1.84 bits per heavy atom. The van der Waals surface area contributed by atoms with Crippen molar-refractivity contribution in [3.63, 3.8) is 0 Å². The highest BCUT2D eigenvalue weighted by atomic mass is 16.6. The molecule has 0 aliphatic rings. The molecule has 2 heterocycles. The molecule has 0 bridgehead atoms. The number of imidazole rings is 1. The molecule has 2 aromatic carbocycles. The molecule has 0 spiro atoms. The van der Waals surface area contributed by atoms with Gasteiger partial charge in [-0.3, -0.25) is 4.57 Å². The zero-order chi connectivity index (χ0) is 12.8. The first kappa shape index (κ1) is 10.1. The first-order valence-corrected chi connectivity index (χ1v) is 5.78. The monoisotopic (exact) mass is 251 g/mol. The number of para-hydroxylation sites is 2. The lowest BCUT2D eigenvalue weighted by molar-refractivity contribution is 0.315. The first-order chi connectivity index (χ1) is 9.34. The Hall–Kier alpha value is -2.89. The Bertz CT molecular complexity index is 892. The van der Waals surface area contributed by atoms with Gasteiger partial charge in [0.15, 0.2) is 11.0 Å². The van der Waals surface area contributed by atoms with E-state index in [1.54, 1.807) is 12.4 Å². The topological polar surface area (TPSA) is 82.8 Å². The number of hydrogen-bond acceptors (Lipinski definition) is 5. The summed E-state index contributed by atoms with van der Waals surface area (Å²) in [5.74, 6) is 0. The van der Waals surface area contributed by atoms with Crippen molar-refractivity contribution in [2.24, 2.45) is 0 Å². The quantitative estimate of drug-likeness (QED) is 0.524. The van der Waals surface area contributed by atoms with Gasteiger partial charge in [0.2, 0.25) is 0 Å². The predicted molar refractivity (Wildman–Crippen MR) is 70.8 cm³/mol. The molecule has 92 valence electrons. The van der Waals surface area contributed by atoms with Gasteiger partial charge in [0.05, 0.1) is 22.4 Å². The fraction of sp³-hybridized carbons (Fsp3) is 0. The molecule has 4 aromatic rings. The number of fused-ring (bicyclic) bond motifs is 2. The van der Waals surface area contributed by atoms with Crippen molar-refractivity contribution in [1.29, 1.82) is 0 Å². The molecule has 0 aliphatic heterocycles. The minimum Gasteiger partial charge on any atom is -0.397 e. The van der Waals surface area contributed by atoms with E-state index in [1.165, 1.54) is 0 Å². The Balaban J connectivity index is 2.10. The van der Waals surface area contributed by atoms with Crippen molar-refractivity contribution in [3.8, 4) is 5.69 Å². The van der Waals surface area contributed by atoms with Crippen LogP contribution in [0.15, 0.2) is 47.4 Å². The Labute approximate surface area is 107 Å². The number of aromatic nitrogens is 4. The molecule has 0 radical (unpaired) electrons. The predicted octanol–water partition coefficient (Wildman–Crippen LogP) is 2.14. The number of anilines is 1. The van der Waals surface area contributed by atoms with Crippen molar-refractivity contribution in [3.05, 3.63) is 42.7 Å². The number of hydrogen-bond donors (Lipinski definition) is 1. The summed E-state index contributed by atoms with van der Waals surface area (Å²) < 4.78 is 6.73. The van der Waals surface area contributed by atoms with Crippen molar-refractivity contribution in [2.75, 3.05) is 5.73 Å². The van der Waals surface area contributed by atoms with Gasteiger partial charge < -0.3 is 5.73 Å². The van der Waals surface area contributed by atoms with Crippen LogP contribution in [0.25, 0.3) is 27.8 Å². The van der Waals surface area contributed by atoms with E-state index in [-0.39, 0.29) is 0 Å². The van der Waals surface area contributed by atoms with Crippen molar-refractivity contribution >= 4 is 27.8 Å². The Morgan fingerprint density at radius 1 is 1.00 bits per heavy atom. The minimum absolute atomic E-state index is 0.546. The maximum atomic E-state index is 5.85. The molecule has 6 nitrogen and oxygen atoms in total. The highest BCUT2D eigenvalue weighted by Crippen LogP contribution is 2.26. The van der Waals surface area contributed by atoms with Gasteiger partial charge in [0, 0.05) is 0 Å². The standard InChI is InChI=1S/C13H9N5O/c14-8-5-6-11(13-12(8)16-19-17-13)18-7-15-9-3-1-2-4-10(9)18/h1-7H,14H2. The van der Waals surface area contributed by atoms with E-state index < -0.39 is 0 Å². The van der Waals surface area contributed by atoms with Gasteiger partial charge in [-0.1, -0.05) is 12.1 Å². The lowest BCUT2D eigenvalue weighted by Crippen LogP contribution is -1.95. The number of nitrogens with zero attached hydrogens (tertiary/aromatic N) is 4.